The second-order valence-corrected chi connectivity index (χ2v) is 6.82. The van der Waals surface area contributed by atoms with Gasteiger partial charge in [-0.2, -0.15) is 0 Å². The summed E-state index contributed by atoms with van der Waals surface area (Å²) < 4.78 is 21.7. The molecule has 0 aromatic rings. The summed E-state index contributed by atoms with van der Waals surface area (Å²) in [6.07, 6.45) is 4.84. The molecule has 1 aliphatic carbocycles. The lowest BCUT2D eigenvalue weighted by molar-refractivity contribution is -0.121. The van der Waals surface area contributed by atoms with E-state index >= 15 is 0 Å². The van der Waals surface area contributed by atoms with E-state index in [4.69, 9.17) is 5.73 Å². The van der Waals surface area contributed by atoms with E-state index in [1.54, 1.807) is 0 Å². The summed E-state index contributed by atoms with van der Waals surface area (Å²) in [5.41, 5.74) is 5.75. The summed E-state index contributed by atoms with van der Waals surface area (Å²) in [6.45, 7) is 0. The molecule has 1 amide bonds. The Hall–Kier alpha value is -0.620. The molecule has 0 aromatic heterocycles. The fourth-order valence-corrected chi connectivity index (χ4v) is 2.40. The van der Waals surface area contributed by atoms with Crippen molar-refractivity contribution in [2.75, 3.05) is 12.0 Å². The Kier molecular flexibility index (Phi) is 4.73. The minimum Gasteiger partial charge on any atom is -0.353 e. The maximum atomic E-state index is 11.4. The lowest BCUT2D eigenvalue weighted by Crippen LogP contribution is -2.40. The lowest BCUT2D eigenvalue weighted by atomic mass is 9.92. The second-order valence-electron chi connectivity index (χ2n) is 4.56. The number of rotatable bonds is 4. The molecule has 0 aliphatic heterocycles. The fraction of sp³-hybridized carbons (Fsp3) is 0.900. The number of carbonyl (C=O) groups is 1. The zero-order valence-electron chi connectivity index (χ0n) is 9.61. The minimum absolute atomic E-state index is 0.0569. The maximum absolute atomic E-state index is 11.4. The maximum Gasteiger partial charge on any atom is 0.221 e. The van der Waals surface area contributed by atoms with Gasteiger partial charge < -0.3 is 11.1 Å². The molecule has 16 heavy (non-hydrogen) atoms. The number of hydrogen-bond donors (Lipinski definition) is 2. The van der Waals surface area contributed by atoms with Gasteiger partial charge in [0.05, 0.1) is 5.75 Å². The van der Waals surface area contributed by atoms with Crippen molar-refractivity contribution in [2.24, 2.45) is 5.73 Å². The number of hydrogen-bond acceptors (Lipinski definition) is 4. The van der Waals surface area contributed by atoms with Crippen LogP contribution < -0.4 is 11.1 Å². The average molecular weight is 248 g/mol. The lowest BCUT2D eigenvalue weighted by Gasteiger charge is -2.26. The molecule has 0 bridgehead atoms. The van der Waals surface area contributed by atoms with Crippen molar-refractivity contribution in [2.45, 2.75) is 44.2 Å². The van der Waals surface area contributed by atoms with Gasteiger partial charge in [0.1, 0.15) is 9.84 Å². The Balaban J connectivity index is 2.24. The quantitative estimate of drug-likeness (QED) is 0.721. The van der Waals surface area contributed by atoms with Gasteiger partial charge in [-0.05, 0) is 25.7 Å². The molecule has 0 atom stereocenters. The second kappa shape index (κ2) is 5.63. The Labute approximate surface area is 96.7 Å². The number of nitrogens with two attached hydrogens (primary N) is 1. The summed E-state index contributed by atoms with van der Waals surface area (Å²) in [6, 6.07) is 0.427. The van der Waals surface area contributed by atoms with E-state index in [-0.39, 0.29) is 30.2 Å². The molecule has 1 aliphatic rings. The number of nitrogens with one attached hydrogen (secondary N) is 1. The normalized spacial score (nSPS) is 26.4. The van der Waals surface area contributed by atoms with Crippen molar-refractivity contribution in [1.82, 2.24) is 5.32 Å². The zero-order valence-corrected chi connectivity index (χ0v) is 10.4. The summed E-state index contributed by atoms with van der Waals surface area (Å²) in [7, 11) is -3.05. The van der Waals surface area contributed by atoms with Crippen LogP contribution in [0.1, 0.15) is 32.1 Å². The molecule has 0 spiro atoms. The van der Waals surface area contributed by atoms with E-state index in [1.807, 2.05) is 0 Å². The van der Waals surface area contributed by atoms with Gasteiger partial charge in [-0.15, -0.1) is 0 Å². The highest BCUT2D eigenvalue weighted by atomic mass is 32.2. The third kappa shape index (κ3) is 5.46. The van der Waals surface area contributed by atoms with Gasteiger partial charge >= 0.3 is 0 Å². The highest BCUT2D eigenvalue weighted by Crippen LogP contribution is 2.16. The molecule has 3 N–H and O–H groups in total. The third-order valence-electron chi connectivity index (χ3n) is 2.84. The molecule has 1 rings (SSSR count). The van der Waals surface area contributed by atoms with Crippen LogP contribution in [0.3, 0.4) is 0 Å². The van der Waals surface area contributed by atoms with Crippen LogP contribution in [0.2, 0.25) is 0 Å². The number of sulfone groups is 1. The predicted octanol–water partition coefficient (Wildman–Crippen LogP) is -0.193. The smallest absolute Gasteiger partial charge is 0.221 e. The molecule has 0 saturated heterocycles. The highest BCUT2D eigenvalue weighted by Gasteiger charge is 2.20. The van der Waals surface area contributed by atoms with Crippen molar-refractivity contribution >= 4 is 15.7 Å². The molecular formula is C10H20N2O3S. The van der Waals surface area contributed by atoms with Gasteiger partial charge in [-0.1, -0.05) is 0 Å². The van der Waals surface area contributed by atoms with E-state index in [0.29, 0.717) is 0 Å². The Bertz CT molecular complexity index is 332. The molecule has 5 nitrogen and oxygen atoms in total. The van der Waals surface area contributed by atoms with Gasteiger partial charge in [0, 0.05) is 24.8 Å². The SMILES string of the molecule is CS(=O)(=O)CCC(=O)NC1CCC(N)CC1. The molecule has 0 aromatic carbocycles. The van der Waals surface area contributed by atoms with Gasteiger partial charge in [0.25, 0.3) is 0 Å². The minimum atomic E-state index is -3.05. The van der Waals surface area contributed by atoms with E-state index < -0.39 is 9.84 Å². The van der Waals surface area contributed by atoms with Crippen LogP contribution in [0.25, 0.3) is 0 Å². The van der Waals surface area contributed by atoms with Gasteiger partial charge in [0.15, 0.2) is 0 Å². The summed E-state index contributed by atoms with van der Waals surface area (Å²) in [4.78, 5) is 11.4. The van der Waals surface area contributed by atoms with Crippen molar-refractivity contribution in [3.63, 3.8) is 0 Å². The zero-order chi connectivity index (χ0) is 12.2. The fourth-order valence-electron chi connectivity index (χ4n) is 1.84. The van der Waals surface area contributed by atoms with Crippen LogP contribution in [-0.2, 0) is 14.6 Å². The Morgan fingerprint density at radius 2 is 1.88 bits per heavy atom. The number of carbonyl (C=O) groups excluding carboxylic acids is 1. The van der Waals surface area contributed by atoms with E-state index in [0.717, 1.165) is 31.9 Å². The van der Waals surface area contributed by atoms with Crippen molar-refractivity contribution in [3.8, 4) is 0 Å². The molecule has 1 saturated carbocycles. The van der Waals surface area contributed by atoms with Crippen molar-refractivity contribution < 1.29 is 13.2 Å². The number of amides is 1. The first kappa shape index (κ1) is 13.4. The van der Waals surface area contributed by atoms with Crippen LogP contribution in [0, 0.1) is 0 Å². The Morgan fingerprint density at radius 3 is 2.38 bits per heavy atom. The average Bonchev–Trinajstić information content (AvgIpc) is 2.18. The van der Waals surface area contributed by atoms with Crippen molar-refractivity contribution in [1.29, 1.82) is 0 Å². The van der Waals surface area contributed by atoms with Crippen molar-refractivity contribution in [3.05, 3.63) is 0 Å². The largest absolute Gasteiger partial charge is 0.353 e. The van der Waals surface area contributed by atoms with Gasteiger partial charge in [0.2, 0.25) is 5.91 Å². The molecule has 94 valence electrons. The molecule has 1 fully saturated rings. The van der Waals surface area contributed by atoms with E-state index in [9.17, 15) is 13.2 Å². The monoisotopic (exact) mass is 248 g/mol. The van der Waals surface area contributed by atoms with Crippen LogP contribution in [-0.4, -0.2) is 38.4 Å². The van der Waals surface area contributed by atoms with Crippen LogP contribution in [0.4, 0.5) is 0 Å². The predicted molar refractivity (Wildman–Crippen MR) is 62.7 cm³/mol. The standard InChI is InChI=1S/C10H20N2O3S/c1-16(14,15)7-6-10(13)12-9-4-2-8(11)3-5-9/h8-9H,2-7,11H2,1H3,(H,12,13). The first-order chi connectivity index (χ1) is 7.37. The van der Waals surface area contributed by atoms with E-state index in [1.165, 1.54) is 0 Å². The first-order valence-electron chi connectivity index (χ1n) is 5.59. The Morgan fingerprint density at radius 1 is 1.31 bits per heavy atom. The summed E-state index contributed by atoms with van der Waals surface area (Å²) in [5, 5.41) is 2.85. The van der Waals surface area contributed by atoms with Crippen LogP contribution in [0.15, 0.2) is 0 Å². The molecule has 0 unspecified atom stereocenters. The highest BCUT2D eigenvalue weighted by molar-refractivity contribution is 7.90. The van der Waals surface area contributed by atoms with Gasteiger partial charge in [-0.3, -0.25) is 4.79 Å². The van der Waals surface area contributed by atoms with Crippen LogP contribution >= 0.6 is 0 Å². The molecular weight excluding hydrogens is 228 g/mol. The van der Waals surface area contributed by atoms with Gasteiger partial charge in [-0.25, -0.2) is 8.42 Å². The first-order valence-corrected chi connectivity index (χ1v) is 7.65. The topological polar surface area (TPSA) is 89.3 Å². The van der Waals surface area contributed by atoms with Crippen LogP contribution in [0.5, 0.6) is 0 Å². The summed E-state index contributed by atoms with van der Waals surface area (Å²) in [5.74, 6) is -0.253. The van der Waals surface area contributed by atoms with E-state index in [2.05, 4.69) is 5.32 Å². The summed E-state index contributed by atoms with van der Waals surface area (Å²) >= 11 is 0. The molecule has 0 radical (unpaired) electrons. The molecule has 6 heteroatoms. The third-order valence-corrected chi connectivity index (χ3v) is 3.78. The molecule has 0 heterocycles.